The normalized spacial score (nSPS) is 10.9. The Balaban J connectivity index is 2.37. The molecule has 0 aliphatic rings. The summed E-state index contributed by atoms with van der Waals surface area (Å²) in [5, 5.41) is 0.493. The maximum absolute atomic E-state index is 13.9. The van der Waals surface area contributed by atoms with Crippen LogP contribution in [0, 0.1) is 11.6 Å². The van der Waals surface area contributed by atoms with Gasteiger partial charge in [-0.2, -0.15) is 4.98 Å². The molecule has 0 aliphatic heterocycles. The van der Waals surface area contributed by atoms with Gasteiger partial charge in [0.2, 0.25) is 5.95 Å². The molecule has 100 valence electrons. The predicted molar refractivity (Wildman–Crippen MR) is 73.7 cm³/mol. The quantitative estimate of drug-likeness (QED) is 0.714. The Morgan fingerprint density at radius 2 is 1.70 bits per heavy atom. The molecule has 0 saturated carbocycles. The van der Waals surface area contributed by atoms with Gasteiger partial charge in [0, 0.05) is 11.6 Å². The maximum Gasteiger partial charge on any atom is 0.222 e. The van der Waals surface area contributed by atoms with Crippen LogP contribution in [0.15, 0.2) is 36.4 Å². The molecule has 1 aromatic heterocycles. The van der Waals surface area contributed by atoms with Crippen molar-refractivity contribution in [1.82, 2.24) is 9.97 Å². The van der Waals surface area contributed by atoms with Crippen molar-refractivity contribution in [3.05, 3.63) is 48.0 Å². The Kier molecular flexibility index (Phi) is 2.71. The zero-order valence-electron chi connectivity index (χ0n) is 10.3. The van der Waals surface area contributed by atoms with Gasteiger partial charge in [-0.1, -0.05) is 12.1 Å². The number of rotatable bonds is 1. The highest BCUT2D eigenvalue weighted by Gasteiger charge is 2.13. The lowest BCUT2D eigenvalue weighted by atomic mass is 10.0. The molecule has 0 saturated heterocycles. The number of hydrogen-bond acceptors (Lipinski definition) is 4. The van der Waals surface area contributed by atoms with Gasteiger partial charge in [0.1, 0.15) is 17.5 Å². The number of nitrogens with two attached hydrogens (primary N) is 2. The van der Waals surface area contributed by atoms with Crippen LogP contribution in [0.1, 0.15) is 0 Å². The summed E-state index contributed by atoms with van der Waals surface area (Å²) in [6, 6.07) is 8.44. The molecular weight excluding hydrogens is 262 g/mol. The van der Waals surface area contributed by atoms with E-state index in [4.69, 9.17) is 11.5 Å². The molecule has 6 heteroatoms. The fourth-order valence-corrected chi connectivity index (χ4v) is 2.16. The molecule has 3 aromatic rings. The summed E-state index contributed by atoms with van der Waals surface area (Å²) in [4.78, 5) is 7.94. The summed E-state index contributed by atoms with van der Waals surface area (Å²) in [6.45, 7) is 0. The smallest absolute Gasteiger partial charge is 0.222 e. The molecule has 0 fully saturated rings. The third-order valence-corrected chi connectivity index (χ3v) is 2.99. The van der Waals surface area contributed by atoms with Crippen LogP contribution in [-0.4, -0.2) is 9.97 Å². The molecule has 0 bridgehead atoms. The van der Waals surface area contributed by atoms with E-state index in [0.717, 1.165) is 6.07 Å². The highest BCUT2D eigenvalue weighted by atomic mass is 19.1. The highest BCUT2D eigenvalue weighted by molar-refractivity contribution is 6.01. The van der Waals surface area contributed by atoms with Crippen molar-refractivity contribution in [2.24, 2.45) is 0 Å². The maximum atomic E-state index is 13.9. The summed E-state index contributed by atoms with van der Waals surface area (Å²) < 4.78 is 26.9. The first kappa shape index (κ1) is 12.3. The summed E-state index contributed by atoms with van der Waals surface area (Å²) in [7, 11) is 0. The van der Waals surface area contributed by atoms with E-state index in [1.54, 1.807) is 18.2 Å². The summed E-state index contributed by atoms with van der Waals surface area (Å²) >= 11 is 0. The molecule has 4 N–H and O–H groups in total. The van der Waals surface area contributed by atoms with Crippen molar-refractivity contribution in [3.63, 3.8) is 0 Å². The van der Waals surface area contributed by atoms with Gasteiger partial charge < -0.3 is 11.5 Å². The van der Waals surface area contributed by atoms with E-state index in [1.165, 1.54) is 12.1 Å². The number of anilines is 2. The van der Waals surface area contributed by atoms with E-state index < -0.39 is 11.6 Å². The summed E-state index contributed by atoms with van der Waals surface area (Å²) in [5.74, 6) is -1.10. The number of halogens is 2. The second-order valence-electron chi connectivity index (χ2n) is 4.29. The van der Waals surface area contributed by atoms with Gasteiger partial charge in [-0.15, -0.1) is 0 Å². The van der Waals surface area contributed by atoms with Gasteiger partial charge in [-0.25, -0.2) is 13.8 Å². The van der Waals surface area contributed by atoms with Gasteiger partial charge in [0.05, 0.1) is 10.9 Å². The first-order valence-corrected chi connectivity index (χ1v) is 5.83. The molecule has 0 unspecified atom stereocenters. The van der Waals surface area contributed by atoms with E-state index in [2.05, 4.69) is 9.97 Å². The van der Waals surface area contributed by atoms with Crippen molar-refractivity contribution in [3.8, 4) is 11.1 Å². The molecule has 0 aliphatic carbocycles. The van der Waals surface area contributed by atoms with E-state index in [-0.39, 0.29) is 17.3 Å². The number of fused-ring (bicyclic) bond motifs is 1. The molecule has 20 heavy (non-hydrogen) atoms. The highest BCUT2D eigenvalue weighted by Crippen LogP contribution is 2.33. The Hall–Kier alpha value is -2.76. The van der Waals surface area contributed by atoms with E-state index in [0.29, 0.717) is 16.5 Å². The van der Waals surface area contributed by atoms with Gasteiger partial charge in [-0.05, 0) is 23.8 Å². The lowest BCUT2D eigenvalue weighted by molar-refractivity contribution is 0.585. The van der Waals surface area contributed by atoms with Crippen LogP contribution in [0.25, 0.3) is 22.0 Å². The fraction of sp³-hybridized carbons (Fsp3) is 0. The topological polar surface area (TPSA) is 77.8 Å². The zero-order valence-corrected chi connectivity index (χ0v) is 10.3. The molecule has 3 rings (SSSR count). The predicted octanol–water partition coefficient (Wildman–Crippen LogP) is 2.74. The SMILES string of the molecule is Nc1nc(N)c2c(-c3ccc(F)cc3F)cccc2n1. The minimum absolute atomic E-state index is 0.0479. The number of nitrogens with zero attached hydrogens (tertiary/aromatic N) is 2. The molecule has 4 nitrogen and oxygen atoms in total. The van der Waals surface area contributed by atoms with Gasteiger partial charge in [0.25, 0.3) is 0 Å². The third-order valence-electron chi connectivity index (χ3n) is 2.99. The molecule has 0 radical (unpaired) electrons. The van der Waals surface area contributed by atoms with Crippen LogP contribution in [0.3, 0.4) is 0 Å². The average Bonchev–Trinajstić information content (AvgIpc) is 2.37. The Bertz CT molecular complexity index is 818. The van der Waals surface area contributed by atoms with Crippen LogP contribution in [0.4, 0.5) is 20.5 Å². The van der Waals surface area contributed by atoms with Gasteiger partial charge >= 0.3 is 0 Å². The third kappa shape index (κ3) is 1.91. The standard InChI is InChI=1S/C14H10F2N4/c15-7-4-5-8(10(16)6-7)9-2-1-3-11-12(9)13(17)20-14(18)19-11/h1-6H,(H4,17,18,19,20). The second-order valence-corrected chi connectivity index (χ2v) is 4.29. The fourth-order valence-electron chi connectivity index (χ4n) is 2.16. The number of aromatic nitrogens is 2. The van der Waals surface area contributed by atoms with Crippen molar-refractivity contribution >= 4 is 22.7 Å². The van der Waals surface area contributed by atoms with E-state index >= 15 is 0 Å². The van der Waals surface area contributed by atoms with E-state index in [1.807, 2.05) is 0 Å². The molecule has 0 amide bonds. The van der Waals surface area contributed by atoms with Gasteiger partial charge in [0.15, 0.2) is 0 Å². The van der Waals surface area contributed by atoms with Gasteiger partial charge in [-0.3, -0.25) is 0 Å². The first-order chi connectivity index (χ1) is 9.56. The van der Waals surface area contributed by atoms with Crippen molar-refractivity contribution in [2.75, 3.05) is 11.5 Å². The molecule has 0 atom stereocenters. The van der Waals surface area contributed by atoms with E-state index in [9.17, 15) is 8.78 Å². The largest absolute Gasteiger partial charge is 0.383 e. The van der Waals surface area contributed by atoms with Crippen LogP contribution in [0.5, 0.6) is 0 Å². The van der Waals surface area contributed by atoms with Crippen molar-refractivity contribution < 1.29 is 8.78 Å². The van der Waals surface area contributed by atoms with Crippen LogP contribution < -0.4 is 11.5 Å². The summed E-state index contributed by atoms with van der Waals surface area (Å²) in [6.07, 6.45) is 0. The zero-order chi connectivity index (χ0) is 14.3. The van der Waals surface area contributed by atoms with Crippen LogP contribution >= 0.6 is 0 Å². The molecule has 2 aromatic carbocycles. The molecular formula is C14H10F2N4. The average molecular weight is 272 g/mol. The number of nitrogen functional groups attached to an aromatic ring is 2. The lowest BCUT2D eigenvalue weighted by Gasteiger charge is -2.09. The first-order valence-electron chi connectivity index (χ1n) is 5.83. The molecule has 1 heterocycles. The summed E-state index contributed by atoms with van der Waals surface area (Å²) in [5.41, 5.74) is 12.6. The number of benzene rings is 2. The van der Waals surface area contributed by atoms with Crippen LogP contribution in [0.2, 0.25) is 0 Å². The van der Waals surface area contributed by atoms with Crippen LogP contribution in [-0.2, 0) is 0 Å². The monoisotopic (exact) mass is 272 g/mol. The Morgan fingerprint density at radius 3 is 2.45 bits per heavy atom. The lowest BCUT2D eigenvalue weighted by Crippen LogP contribution is -2.01. The molecule has 0 spiro atoms. The second kappa shape index (κ2) is 4.41. The van der Waals surface area contributed by atoms with Crippen molar-refractivity contribution in [2.45, 2.75) is 0 Å². The van der Waals surface area contributed by atoms with Crippen molar-refractivity contribution in [1.29, 1.82) is 0 Å². The Morgan fingerprint density at radius 1 is 0.900 bits per heavy atom. The minimum Gasteiger partial charge on any atom is -0.383 e. The Labute approximate surface area is 113 Å². The number of hydrogen-bond donors (Lipinski definition) is 2. The minimum atomic E-state index is -0.672.